The molecule has 0 amide bonds. The third-order valence-corrected chi connectivity index (χ3v) is 5.45. The Hall–Kier alpha value is -2.52. The van der Waals surface area contributed by atoms with E-state index >= 15 is 0 Å². The topological polar surface area (TPSA) is 86.5 Å². The Morgan fingerprint density at radius 2 is 2.15 bits per heavy atom. The Morgan fingerprint density at radius 3 is 2.88 bits per heavy atom. The summed E-state index contributed by atoms with van der Waals surface area (Å²) in [6, 6.07) is 8.86. The molecule has 3 aromatic rings. The Balaban J connectivity index is 1.58. The van der Waals surface area contributed by atoms with Crippen molar-refractivity contribution in [3.63, 3.8) is 0 Å². The average molecular weight is 391 g/mol. The van der Waals surface area contributed by atoms with E-state index in [2.05, 4.69) is 15.5 Å². The SMILES string of the molecule is COc1ccc(OC)c(C(=O)CSc2nnc(NCc3ccco3)s2)c1. The average Bonchev–Trinajstić information content (AvgIpc) is 3.35. The van der Waals surface area contributed by atoms with E-state index < -0.39 is 0 Å². The lowest BCUT2D eigenvalue weighted by Gasteiger charge is -2.09. The molecule has 26 heavy (non-hydrogen) atoms. The monoisotopic (exact) mass is 391 g/mol. The van der Waals surface area contributed by atoms with Crippen molar-refractivity contribution in [1.29, 1.82) is 0 Å². The van der Waals surface area contributed by atoms with E-state index in [1.807, 2.05) is 12.1 Å². The van der Waals surface area contributed by atoms with Crippen molar-refractivity contribution in [2.45, 2.75) is 10.9 Å². The molecule has 0 radical (unpaired) electrons. The predicted molar refractivity (Wildman–Crippen MR) is 101 cm³/mol. The summed E-state index contributed by atoms with van der Waals surface area (Å²) in [5.41, 5.74) is 0.486. The molecule has 0 aliphatic rings. The Morgan fingerprint density at radius 1 is 1.27 bits per heavy atom. The van der Waals surface area contributed by atoms with Crippen LogP contribution in [0.15, 0.2) is 45.4 Å². The molecule has 0 fully saturated rings. The number of aromatic nitrogens is 2. The standard InChI is InChI=1S/C17H17N3O4S2/c1-22-11-5-6-15(23-2)13(8-11)14(21)10-25-17-20-19-16(26-17)18-9-12-4-3-7-24-12/h3-8H,9-10H2,1-2H3,(H,18,19). The van der Waals surface area contributed by atoms with Gasteiger partial charge in [-0.2, -0.15) is 0 Å². The molecule has 0 aliphatic heterocycles. The van der Waals surface area contributed by atoms with Crippen LogP contribution in [-0.2, 0) is 6.54 Å². The number of carbonyl (C=O) groups excluding carboxylic acids is 1. The van der Waals surface area contributed by atoms with Gasteiger partial charge in [-0.15, -0.1) is 10.2 Å². The number of hydrogen-bond acceptors (Lipinski definition) is 9. The van der Waals surface area contributed by atoms with Crippen LogP contribution in [0.5, 0.6) is 11.5 Å². The first-order valence-corrected chi connectivity index (χ1v) is 9.47. The van der Waals surface area contributed by atoms with Gasteiger partial charge in [0.1, 0.15) is 17.3 Å². The smallest absolute Gasteiger partial charge is 0.206 e. The van der Waals surface area contributed by atoms with Crippen LogP contribution >= 0.6 is 23.1 Å². The normalized spacial score (nSPS) is 10.5. The van der Waals surface area contributed by atoms with Gasteiger partial charge in [0.15, 0.2) is 10.1 Å². The molecule has 1 N–H and O–H groups in total. The molecule has 0 spiro atoms. The highest BCUT2D eigenvalue weighted by molar-refractivity contribution is 8.01. The van der Waals surface area contributed by atoms with Crippen LogP contribution in [0.1, 0.15) is 16.1 Å². The molecule has 9 heteroatoms. The molecule has 136 valence electrons. The van der Waals surface area contributed by atoms with Gasteiger partial charge in [-0.1, -0.05) is 23.1 Å². The van der Waals surface area contributed by atoms with Gasteiger partial charge in [-0.05, 0) is 30.3 Å². The fourth-order valence-electron chi connectivity index (χ4n) is 2.15. The second-order valence-corrected chi connectivity index (χ2v) is 7.28. The first kappa shape index (κ1) is 18.3. The van der Waals surface area contributed by atoms with E-state index in [0.717, 1.165) is 5.76 Å². The number of Topliss-reactive ketones (excluding diaryl/α,β-unsaturated/α-hetero) is 1. The molecule has 3 rings (SSSR count). The van der Waals surface area contributed by atoms with Gasteiger partial charge in [0.05, 0.1) is 38.3 Å². The van der Waals surface area contributed by atoms with Crippen LogP contribution in [0.4, 0.5) is 5.13 Å². The van der Waals surface area contributed by atoms with Crippen molar-refractivity contribution in [3.8, 4) is 11.5 Å². The zero-order valence-electron chi connectivity index (χ0n) is 14.2. The largest absolute Gasteiger partial charge is 0.497 e. The Kier molecular flexibility index (Phi) is 6.13. The minimum absolute atomic E-state index is 0.0638. The minimum atomic E-state index is -0.0638. The lowest BCUT2D eigenvalue weighted by atomic mass is 10.1. The van der Waals surface area contributed by atoms with E-state index in [-0.39, 0.29) is 11.5 Å². The maximum atomic E-state index is 12.5. The van der Waals surface area contributed by atoms with Crippen LogP contribution in [0.3, 0.4) is 0 Å². The van der Waals surface area contributed by atoms with Crippen molar-refractivity contribution >= 4 is 34.0 Å². The molecule has 2 aromatic heterocycles. The number of nitrogens with zero attached hydrogens (tertiary/aromatic N) is 2. The lowest BCUT2D eigenvalue weighted by Crippen LogP contribution is -2.05. The van der Waals surface area contributed by atoms with E-state index in [4.69, 9.17) is 13.9 Å². The number of furan rings is 1. The lowest BCUT2D eigenvalue weighted by molar-refractivity contribution is 0.101. The number of rotatable bonds is 9. The van der Waals surface area contributed by atoms with Gasteiger partial charge in [-0.3, -0.25) is 4.79 Å². The second kappa shape index (κ2) is 8.72. The zero-order chi connectivity index (χ0) is 18.4. The highest BCUT2D eigenvalue weighted by Gasteiger charge is 2.15. The Bertz CT molecular complexity index is 865. The third kappa shape index (κ3) is 4.55. The quantitative estimate of drug-likeness (QED) is 0.436. The molecule has 0 bridgehead atoms. The third-order valence-electron chi connectivity index (χ3n) is 3.43. The summed E-state index contributed by atoms with van der Waals surface area (Å²) in [5, 5.41) is 12.0. The summed E-state index contributed by atoms with van der Waals surface area (Å²) < 4.78 is 16.4. The molecular weight excluding hydrogens is 374 g/mol. The summed E-state index contributed by atoms with van der Waals surface area (Å²) in [4.78, 5) is 12.5. The number of nitrogens with one attached hydrogen (secondary N) is 1. The number of methoxy groups -OCH3 is 2. The second-order valence-electron chi connectivity index (χ2n) is 5.08. The van der Waals surface area contributed by atoms with E-state index in [1.54, 1.807) is 31.6 Å². The highest BCUT2D eigenvalue weighted by Crippen LogP contribution is 2.29. The molecular formula is C17H17N3O4S2. The number of benzene rings is 1. The molecule has 0 atom stereocenters. The van der Waals surface area contributed by atoms with E-state index in [9.17, 15) is 4.79 Å². The fourth-order valence-corrected chi connectivity index (χ4v) is 3.78. The molecule has 1 aromatic carbocycles. The summed E-state index contributed by atoms with van der Waals surface area (Å²) in [5.74, 6) is 2.12. The maximum Gasteiger partial charge on any atom is 0.206 e. The summed E-state index contributed by atoms with van der Waals surface area (Å²) in [7, 11) is 3.09. The van der Waals surface area contributed by atoms with E-state index in [1.165, 1.54) is 30.2 Å². The number of thioether (sulfide) groups is 1. The molecule has 0 unspecified atom stereocenters. The fraction of sp³-hybridized carbons (Fsp3) is 0.235. The van der Waals surface area contributed by atoms with Gasteiger partial charge in [0.2, 0.25) is 5.13 Å². The van der Waals surface area contributed by atoms with Gasteiger partial charge in [0, 0.05) is 0 Å². The van der Waals surface area contributed by atoms with Crippen molar-refractivity contribution in [3.05, 3.63) is 47.9 Å². The van der Waals surface area contributed by atoms with Crippen LogP contribution in [0.2, 0.25) is 0 Å². The molecule has 0 saturated carbocycles. The zero-order valence-corrected chi connectivity index (χ0v) is 15.9. The first-order valence-electron chi connectivity index (χ1n) is 7.67. The van der Waals surface area contributed by atoms with Crippen molar-refractivity contribution in [1.82, 2.24) is 10.2 Å². The first-order chi connectivity index (χ1) is 12.7. The van der Waals surface area contributed by atoms with Gasteiger partial charge < -0.3 is 19.2 Å². The van der Waals surface area contributed by atoms with Crippen LogP contribution in [-0.4, -0.2) is 36.0 Å². The van der Waals surface area contributed by atoms with Crippen LogP contribution in [0.25, 0.3) is 0 Å². The maximum absolute atomic E-state index is 12.5. The van der Waals surface area contributed by atoms with Gasteiger partial charge in [-0.25, -0.2) is 0 Å². The number of carbonyl (C=O) groups is 1. The van der Waals surface area contributed by atoms with Crippen LogP contribution < -0.4 is 14.8 Å². The van der Waals surface area contributed by atoms with Crippen LogP contribution in [0, 0.1) is 0 Å². The summed E-state index contributed by atoms with van der Waals surface area (Å²) >= 11 is 2.73. The number of ketones is 1. The highest BCUT2D eigenvalue weighted by atomic mass is 32.2. The van der Waals surface area contributed by atoms with Crippen molar-refractivity contribution < 1.29 is 18.7 Å². The molecule has 7 nitrogen and oxygen atoms in total. The number of ether oxygens (including phenoxy) is 2. The minimum Gasteiger partial charge on any atom is -0.497 e. The van der Waals surface area contributed by atoms with Gasteiger partial charge >= 0.3 is 0 Å². The number of anilines is 1. The molecule has 2 heterocycles. The summed E-state index contributed by atoms with van der Waals surface area (Å²) in [6.07, 6.45) is 1.62. The van der Waals surface area contributed by atoms with Crippen molar-refractivity contribution in [2.75, 3.05) is 25.3 Å². The molecule has 0 aliphatic carbocycles. The van der Waals surface area contributed by atoms with E-state index in [0.29, 0.717) is 33.1 Å². The predicted octanol–water partition coefficient (Wildman–Crippen LogP) is 3.74. The van der Waals surface area contributed by atoms with Crippen molar-refractivity contribution in [2.24, 2.45) is 0 Å². The summed E-state index contributed by atoms with van der Waals surface area (Å²) in [6.45, 7) is 0.534. The Labute approximate surface area is 158 Å². The van der Waals surface area contributed by atoms with Gasteiger partial charge in [0.25, 0.3) is 0 Å². The number of hydrogen-bond donors (Lipinski definition) is 1. The molecule has 0 saturated heterocycles.